The molecule has 1 unspecified atom stereocenters. The van der Waals surface area contributed by atoms with Gasteiger partial charge in [0.1, 0.15) is 17.3 Å². The van der Waals surface area contributed by atoms with Crippen LogP contribution in [0.25, 0.3) is 28.2 Å². The van der Waals surface area contributed by atoms with Crippen molar-refractivity contribution >= 4 is 5.82 Å². The van der Waals surface area contributed by atoms with E-state index in [1.165, 1.54) is 22.9 Å². The molecule has 2 aliphatic rings. The lowest BCUT2D eigenvalue weighted by molar-refractivity contribution is -0.00746. The molecule has 1 fully saturated rings. The molecule has 2 aromatic carbocycles. The second-order valence-corrected chi connectivity index (χ2v) is 9.64. The molecule has 4 heterocycles. The number of anilines is 1. The Kier molecular flexibility index (Phi) is 5.66. The van der Waals surface area contributed by atoms with Crippen LogP contribution in [0.3, 0.4) is 0 Å². The number of benzene rings is 2. The molecule has 6 rings (SSSR count). The van der Waals surface area contributed by atoms with Crippen LogP contribution in [0.1, 0.15) is 5.56 Å². The van der Waals surface area contributed by atoms with E-state index in [4.69, 9.17) is 10.2 Å². The number of β-amino-alcohol motifs (C(OH)–C–C–N with tert-alkyl or cyclic N) is 1. The fourth-order valence-electron chi connectivity index (χ4n) is 5.07. The van der Waals surface area contributed by atoms with E-state index in [1.54, 1.807) is 18.2 Å². The van der Waals surface area contributed by atoms with Gasteiger partial charge in [-0.25, -0.2) is 9.07 Å². The van der Waals surface area contributed by atoms with Crippen molar-refractivity contribution in [1.29, 1.82) is 0 Å². The lowest BCUT2D eigenvalue weighted by Gasteiger charge is -2.39. The van der Waals surface area contributed by atoms with E-state index < -0.39 is 0 Å². The maximum absolute atomic E-state index is 13.7. The van der Waals surface area contributed by atoms with Crippen LogP contribution in [-0.4, -0.2) is 61.9 Å². The van der Waals surface area contributed by atoms with Crippen molar-refractivity contribution < 1.29 is 9.50 Å². The number of hydrogen-bond donors (Lipinski definition) is 2. The third kappa shape index (κ3) is 4.10. The largest absolute Gasteiger partial charge is 0.390 e. The van der Waals surface area contributed by atoms with Crippen molar-refractivity contribution in [2.75, 3.05) is 31.5 Å². The summed E-state index contributed by atoms with van der Waals surface area (Å²) in [5.74, 6) is 0.842. The summed E-state index contributed by atoms with van der Waals surface area (Å²) < 4.78 is 17.1. The molecule has 8 nitrogen and oxygen atoms in total. The molecular formula is C27H27FN6O2. The van der Waals surface area contributed by atoms with Gasteiger partial charge >= 0.3 is 0 Å². The maximum Gasteiger partial charge on any atom is 0.271 e. The van der Waals surface area contributed by atoms with E-state index in [0.29, 0.717) is 36.9 Å². The number of nitrogens with one attached hydrogen (secondary N) is 1. The molecule has 0 spiro atoms. The van der Waals surface area contributed by atoms with Crippen molar-refractivity contribution in [2.45, 2.75) is 19.6 Å². The van der Waals surface area contributed by atoms with Gasteiger partial charge in [-0.3, -0.25) is 9.69 Å². The molecular weight excluding hydrogens is 459 g/mol. The monoisotopic (exact) mass is 486 g/mol. The van der Waals surface area contributed by atoms with Crippen molar-refractivity contribution in [3.8, 4) is 28.2 Å². The van der Waals surface area contributed by atoms with Gasteiger partial charge in [-0.1, -0.05) is 18.2 Å². The Morgan fingerprint density at radius 3 is 2.56 bits per heavy atom. The van der Waals surface area contributed by atoms with Crippen LogP contribution in [0, 0.1) is 18.7 Å². The number of hydrogen-bond acceptors (Lipinski definition) is 6. The van der Waals surface area contributed by atoms with Crippen molar-refractivity contribution in [3.63, 3.8) is 0 Å². The van der Waals surface area contributed by atoms with Gasteiger partial charge in [-0.15, -0.1) is 0 Å². The zero-order valence-electron chi connectivity index (χ0n) is 19.9. The van der Waals surface area contributed by atoms with Gasteiger partial charge < -0.3 is 10.4 Å². The summed E-state index contributed by atoms with van der Waals surface area (Å²) in [5.41, 5.74) is 4.28. The van der Waals surface area contributed by atoms with Crippen LogP contribution >= 0.6 is 0 Å². The number of halogens is 1. The summed E-state index contributed by atoms with van der Waals surface area (Å²) in [6.45, 7) is 5.70. The summed E-state index contributed by atoms with van der Waals surface area (Å²) in [6, 6.07) is 17.1. The normalized spacial score (nSPS) is 17.9. The standard InChI is InChI=1S/C27H27FN6O2/c1-17-4-2-3-5-23(17)34-24(36)11-10-22(30-34)25-26(19-6-8-20(28)9-7-19)31-33-14-18(12-29-27(25)33)13-32-15-21(35)16-32/h2-11,18,21,29,35H,12-16H2,1H3. The molecule has 1 saturated heterocycles. The first-order chi connectivity index (χ1) is 17.5. The van der Waals surface area contributed by atoms with Crippen LogP contribution in [-0.2, 0) is 6.54 Å². The van der Waals surface area contributed by atoms with Crippen molar-refractivity contribution in [1.82, 2.24) is 24.5 Å². The summed E-state index contributed by atoms with van der Waals surface area (Å²) in [5, 5.41) is 22.8. The topological polar surface area (TPSA) is 88.2 Å². The zero-order valence-corrected chi connectivity index (χ0v) is 19.9. The van der Waals surface area contributed by atoms with Gasteiger partial charge in [-0.05, 0) is 48.9 Å². The van der Waals surface area contributed by atoms with Gasteiger partial charge in [0.25, 0.3) is 5.56 Å². The number of aliphatic hydroxyl groups excluding tert-OH is 1. The summed E-state index contributed by atoms with van der Waals surface area (Å²) in [6.07, 6.45) is -0.228. The summed E-state index contributed by atoms with van der Waals surface area (Å²) >= 11 is 0. The number of nitrogens with zero attached hydrogens (tertiary/aromatic N) is 5. The molecule has 2 aromatic heterocycles. The molecule has 0 amide bonds. The van der Waals surface area contributed by atoms with Crippen LogP contribution in [0.5, 0.6) is 0 Å². The Labute approximate surface area is 207 Å². The minimum Gasteiger partial charge on any atom is -0.390 e. The van der Waals surface area contributed by atoms with Crippen molar-refractivity contribution in [3.05, 3.63) is 82.4 Å². The first-order valence-corrected chi connectivity index (χ1v) is 12.1. The lowest BCUT2D eigenvalue weighted by atomic mass is 10.0. The third-order valence-corrected chi connectivity index (χ3v) is 6.91. The summed E-state index contributed by atoms with van der Waals surface area (Å²) in [7, 11) is 0. The first kappa shape index (κ1) is 22.6. The quantitative estimate of drug-likeness (QED) is 0.451. The highest BCUT2D eigenvalue weighted by Crippen LogP contribution is 2.38. The highest BCUT2D eigenvalue weighted by molar-refractivity contribution is 5.87. The van der Waals surface area contributed by atoms with Crippen LogP contribution < -0.4 is 10.9 Å². The molecule has 184 valence electrons. The number of fused-ring (bicyclic) bond motifs is 1. The molecule has 0 saturated carbocycles. The molecule has 36 heavy (non-hydrogen) atoms. The first-order valence-electron chi connectivity index (χ1n) is 12.1. The van der Waals surface area contributed by atoms with Gasteiger partial charge in [-0.2, -0.15) is 14.9 Å². The minimum atomic E-state index is -0.314. The Hall–Kier alpha value is -3.82. The van der Waals surface area contributed by atoms with Gasteiger partial charge in [0, 0.05) is 50.3 Å². The lowest BCUT2D eigenvalue weighted by Crippen LogP contribution is -2.53. The number of rotatable bonds is 5. The highest BCUT2D eigenvalue weighted by atomic mass is 19.1. The Morgan fingerprint density at radius 1 is 1.03 bits per heavy atom. The van der Waals surface area contributed by atoms with Crippen LogP contribution in [0.2, 0.25) is 0 Å². The van der Waals surface area contributed by atoms with Gasteiger partial charge in [0.15, 0.2) is 0 Å². The smallest absolute Gasteiger partial charge is 0.271 e. The minimum absolute atomic E-state index is 0.220. The number of para-hydroxylation sites is 1. The third-order valence-electron chi connectivity index (χ3n) is 6.91. The average Bonchev–Trinajstić information content (AvgIpc) is 3.23. The zero-order chi connectivity index (χ0) is 24.8. The SMILES string of the molecule is Cc1ccccc1-n1nc(-c2c(-c3ccc(F)cc3)nn3c2NCC(CN2CC(O)C2)C3)ccc1=O. The Balaban J connectivity index is 1.44. The number of aryl methyl sites for hydroxylation is 1. The fourth-order valence-corrected chi connectivity index (χ4v) is 5.07. The van der Waals surface area contributed by atoms with Crippen LogP contribution in [0.4, 0.5) is 10.2 Å². The average molecular weight is 487 g/mol. The molecule has 0 bridgehead atoms. The molecule has 4 aromatic rings. The molecule has 0 radical (unpaired) electrons. The molecule has 0 aliphatic carbocycles. The van der Waals surface area contributed by atoms with Crippen molar-refractivity contribution in [2.24, 2.45) is 5.92 Å². The van der Waals surface area contributed by atoms with E-state index in [9.17, 15) is 14.3 Å². The second-order valence-electron chi connectivity index (χ2n) is 9.64. The molecule has 2 aliphatic heterocycles. The predicted octanol–water partition coefficient (Wildman–Crippen LogP) is 2.93. The van der Waals surface area contributed by atoms with Gasteiger partial charge in [0.05, 0.1) is 23.0 Å². The highest BCUT2D eigenvalue weighted by Gasteiger charge is 2.31. The maximum atomic E-state index is 13.7. The van der Waals surface area contributed by atoms with E-state index in [1.807, 2.05) is 35.9 Å². The summed E-state index contributed by atoms with van der Waals surface area (Å²) in [4.78, 5) is 15.0. The number of aromatic nitrogens is 4. The molecule has 9 heteroatoms. The predicted molar refractivity (Wildman–Crippen MR) is 136 cm³/mol. The Bertz CT molecular complexity index is 1470. The van der Waals surface area contributed by atoms with Gasteiger partial charge in [0.2, 0.25) is 0 Å². The van der Waals surface area contributed by atoms with E-state index in [-0.39, 0.29) is 17.5 Å². The number of aliphatic hydroxyl groups is 1. The Morgan fingerprint density at radius 2 is 1.81 bits per heavy atom. The molecule has 1 atom stereocenters. The van der Waals surface area contributed by atoms with E-state index >= 15 is 0 Å². The van der Waals surface area contributed by atoms with Crippen LogP contribution in [0.15, 0.2) is 65.5 Å². The number of likely N-dealkylation sites (tertiary alicyclic amines) is 1. The van der Waals surface area contributed by atoms with E-state index in [0.717, 1.165) is 41.3 Å². The fraction of sp³-hybridized carbons (Fsp3) is 0.296. The van der Waals surface area contributed by atoms with E-state index in [2.05, 4.69) is 10.2 Å². The second kappa shape index (κ2) is 9.00. The molecule has 2 N–H and O–H groups in total.